The van der Waals surface area contributed by atoms with Crippen molar-refractivity contribution < 1.29 is 23.9 Å². The summed E-state index contributed by atoms with van der Waals surface area (Å²) >= 11 is 11.5. The first-order valence-electron chi connectivity index (χ1n) is 6.12. The van der Waals surface area contributed by atoms with Crippen LogP contribution in [0.15, 0.2) is 18.2 Å². The quantitative estimate of drug-likeness (QED) is 0.685. The molecule has 2 amide bonds. The smallest absolute Gasteiger partial charge is 0.305 e. The van der Waals surface area contributed by atoms with Crippen molar-refractivity contribution in [3.05, 3.63) is 28.2 Å². The number of carboxylic acids is 1. The van der Waals surface area contributed by atoms with Gasteiger partial charge in [0.15, 0.2) is 0 Å². The Kier molecular flexibility index (Phi) is 6.58. The number of carboxylic acid groups (broad SMARTS) is 1. The van der Waals surface area contributed by atoms with Gasteiger partial charge in [0.05, 0.1) is 6.42 Å². The molecule has 0 heterocycles. The highest BCUT2D eigenvalue weighted by molar-refractivity contribution is 6.35. The van der Waals surface area contributed by atoms with Gasteiger partial charge in [-0.25, -0.2) is 4.39 Å². The lowest BCUT2D eigenvalue weighted by Gasteiger charge is -2.14. The number of benzene rings is 1. The van der Waals surface area contributed by atoms with E-state index in [2.05, 4.69) is 10.6 Å². The second kappa shape index (κ2) is 7.95. The third-order valence-corrected chi connectivity index (χ3v) is 2.90. The number of anilines is 1. The summed E-state index contributed by atoms with van der Waals surface area (Å²) in [5, 5.41) is 13.3. The van der Waals surface area contributed by atoms with Crippen molar-refractivity contribution in [1.82, 2.24) is 5.32 Å². The standard InChI is InChI=1S/C13H13Cl2FN2O4/c1-6(2-10(19)20)17-12(21)11(16)13(22)18-9-4-7(14)3-8(15)5-9/h3-6,11H,2H2,1H3,(H,17,21)(H,18,22)(H,19,20)/t6-,11?/m0/s1. The van der Waals surface area contributed by atoms with Crippen LogP contribution >= 0.6 is 23.2 Å². The number of amides is 2. The van der Waals surface area contributed by atoms with Crippen LogP contribution in [0.3, 0.4) is 0 Å². The van der Waals surface area contributed by atoms with Gasteiger partial charge in [-0.2, -0.15) is 0 Å². The zero-order valence-electron chi connectivity index (χ0n) is 11.4. The third-order valence-electron chi connectivity index (χ3n) is 2.46. The van der Waals surface area contributed by atoms with Crippen molar-refractivity contribution >= 4 is 46.7 Å². The van der Waals surface area contributed by atoms with Gasteiger partial charge in [-0.3, -0.25) is 14.4 Å². The first-order chi connectivity index (χ1) is 10.2. The lowest BCUT2D eigenvalue weighted by atomic mass is 10.2. The summed E-state index contributed by atoms with van der Waals surface area (Å²) in [5.74, 6) is -3.58. The molecule has 0 saturated carbocycles. The molecule has 0 aliphatic rings. The highest BCUT2D eigenvalue weighted by atomic mass is 35.5. The van der Waals surface area contributed by atoms with Crippen LogP contribution in [0.1, 0.15) is 13.3 Å². The Morgan fingerprint density at radius 1 is 1.18 bits per heavy atom. The normalized spacial score (nSPS) is 13.1. The average molecular weight is 351 g/mol. The summed E-state index contributed by atoms with van der Waals surface area (Å²) in [6, 6.07) is 3.29. The molecule has 1 rings (SSSR count). The first-order valence-corrected chi connectivity index (χ1v) is 6.88. The van der Waals surface area contributed by atoms with E-state index in [1.807, 2.05) is 0 Å². The molecule has 2 atom stereocenters. The lowest BCUT2D eigenvalue weighted by molar-refractivity contribution is -0.137. The molecule has 1 unspecified atom stereocenters. The summed E-state index contributed by atoms with van der Waals surface area (Å²) in [6.07, 6.45) is -2.88. The van der Waals surface area contributed by atoms with Crippen molar-refractivity contribution in [2.45, 2.75) is 25.6 Å². The van der Waals surface area contributed by atoms with Crippen LogP contribution in [-0.4, -0.2) is 35.1 Å². The van der Waals surface area contributed by atoms with Gasteiger partial charge in [-0.15, -0.1) is 0 Å². The summed E-state index contributed by atoms with van der Waals surface area (Å²) in [5.41, 5.74) is 0.136. The van der Waals surface area contributed by atoms with E-state index in [1.54, 1.807) is 0 Å². The number of carbonyl (C=O) groups is 3. The van der Waals surface area contributed by atoms with Crippen molar-refractivity contribution in [3.63, 3.8) is 0 Å². The first kappa shape index (κ1) is 18.2. The van der Waals surface area contributed by atoms with E-state index >= 15 is 0 Å². The van der Waals surface area contributed by atoms with Gasteiger partial charge in [0.1, 0.15) is 0 Å². The SMILES string of the molecule is C[C@@H](CC(=O)O)NC(=O)C(F)C(=O)Nc1cc(Cl)cc(Cl)c1. The molecule has 0 spiro atoms. The van der Waals surface area contributed by atoms with Crippen LogP contribution in [-0.2, 0) is 14.4 Å². The molecule has 1 aromatic carbocycles. The molecule has 0 radical (unpaired) electrons. The van der Waals surface area contributed by atoms with E-state index in [0.29, 0.717) is 0 Å². The molecule has 3 N–H and O–H groups in total. The Morgan fingerprint density at radius 2 is 1.73 bits per heavy atom. The van der Waals surface area contributed by atoms with E-state index in [0.717, 1.165) is 0 Å². The summed E-state index contributed by atoms with van der Waals surface area (Å²) in [4.78, 5) is 33.6. The predicted molar refractivity (Wildman–Crippen MR) is 79.8 cm³/mol. The molecule has 6 nitrogen and oxygen atoms in total. The van der Waals surface area contributed by atoms with Crippen molar-refractivity contribution in [1.29, 1.82) is 0 Å². The number of carbonyl (C=O) groups excluding carboxylic acids is 2. The highest BCUT2D eigenvalue weighted by Crippen LogP contribution is 2.22. The van der Waals surface area contributed by atoms with Crippen LogP contribution in [0, 0.1) is 0 Å². The fraction of sp³-hybridized carbons (Fsp3) is 0.308. The maximum Gasteiger partial charge on any atom is 0.305 e. The molecular weight excluding hydrogens is 338 g/mol. The summed E-state index contributed by atoms with van der Waals surface area (Å²) in [7, 11) is 0. The van der Waals surface area contributed by atoms with Crippen LogP contribution in [0.4, 0.5) is 10.1 Å². The fourth-order valence-corrected chi connectivity index (χ4v) is 2.11. The van der Waals surface area contributed by atoms with Gasteiger partial charge >= 0.3 is 5.97 Å². The number of rotatable bonds is 6. The van der Waals surface area contributed by atoms with E-state index in [1.165, 1.54) is 25.1 Å². The average Bonchev–Trinajstić information content (AvgIpc) is 2.35. The predicted octanol–water partition coefficient (Wildman–Crippen LogP) is 2.25. The Labute approximate surface area is 135 Å². The maximum absolute atomic E-state index is 13.7. The highest BCUT2D eigenvalue weighted by Gasteiger charge is 2.27. The van der Waals surface area contributed by atoms with E-state index in [9.17, 15) is 18.8 Å². The third kappa shape index (κ3) is 5.87. The van der Waals surface area contributed by atoms with Crippen molar-refractivity contribution in [3.8, 4) is 0 Å². The molecule has 9 heteroatoms. The van der Waals surface area contributed by atoms with Crippen LogP contribution < -0.4 is 10.6 Å². The Bertz CT molecular complexity index is 577. The minimum Gasteiger partial charge on any atom is -0.481 e. The number of aliphatic carboxylic acids is 1. The lowest BCUT2D eigenvalue weighted by Crippen LogP contribution is -2.44. The molecule has 0 aliphatic carbocycles. The van der Waals surface area contributed by atoms with E-state index in [4.69, 9.17) is 28.3 Å². The van der Waals surface area contributed by atoms with E-state index in [-0.39, 0.29) is 22.2 Å². The second-order valence-corrected chi connectivity index (χ2v) is 5.39. The summed E-state index contributed by atoms with van der Waals surface area (Å²) < 4.78 is 13.7. The van der Waals surface area contributed by atoms with Crippen molar-refractivity contribution in [2.75, 3.05) is 5.32 Å². The molecule has 0 fully saturated rings. The minimum absolute atomic E-state index is 0.136. The summed E-state index contributed by atoms with van der Waals surface area (Å²) in [6.45, 7) is 1.38. The van der Waals surface area contributed by atoms with Gasteiger partial charge in [0.2, 0.25) is 0 Å². The maximum atomic E-state index is 13.7. The van der Waals surface area contributed by atoms with Crippen LogP contribution in [0.2, 0.25) is 10.0 Å². The molecule has 0 bridgehead atoms. The number of halogens is 3. The zero-order valence-corrected chi connectivity index (χ0v) is 12.9. The molecule has 0 aliphatic heterocycles. The molecule has 120 valence electrons. The van der Waals surface area contributed by atoms with Gasteiger partial charge in [0, 0.05) is 21.8 Å². The molecule has 22 heavy (non-hydrogen) atoms. The zero-order chi connectivity index (χ0) is 16.9. The van der Waals surface area contributed by atoms with Crippen LogP contribution in [0.25, 0.3) is 0 Å². The Balaban J connectivity index is 2.64. The van der Waals surface area contributed by atoms with E-state index < -0.39 is 30.0 Å². The molecule has 0 aromatic heterocycles. The molecule has 0 saturated heterocycles. The van der Waals surface area contributed by atoms with Crippen LogP contribution in [0.5, 0.6) is 0 Å². The number of hydrogen-bond acceptors (Lipinski definition) is 3. The van der Waals surface area contributed by atoms with Crippen molar-refractivity contribution in [2.24, 2.45) is 0 Å². The largest absolute Gasteiger partial charge is 0.481 e. The van der Waals surface area contributed by atoms with Gasteiger partial charge in [-0.1, -0.05) is 23.2 Å². The monoisotopic (exact) mass is 350 g/mol. The molecule has 1 aromatic rings. The van der Waals surface area contributed by atoms with Gasteiger partial charge in [-0.05, 0) is 25.1 Å². The number of hydrogen-bond donors (Lipinski definition) is 3. The fourth-order valence-electron chi connectivity index (χ4n) is 1.58. The topological polar surface area (TPSA) is 95.5 Å². The Morgan fingerprint density at radius 3 is 2.23 bits per heavy atom. The Hall–Kier alpha value is -1.86. The van der Waals surface area contributed by atoms with Gasteiger partial charge in [0.25, 0.3) is 18.0 Å². The second-order valence-electron chi connectivity index (χ2n) is 4.52. The molecular formula is C13H13Cl2FN2O4. The number of nitrogens with one attached hydrogen (secondary N) is 2. The minimum atomic E-state index is -2.49. The van der Waals surface area contributed by atoms with Gasteiger partial charge < -0.3 is 15.7 Å². The number of alkyl halides is 1.